The summed E-state index contributed by atoms with van der Waals surface area (Å²) in [6, 6.07) is 3.08. The summed E-state index contributed by atoms with van der Waals surface area (Å²) in [6.45, 7) is 2.95. The highest BCUT2D eigenvalue weighted by molar-refractivity contribution is 5.96. The van der Waals surface area contributed by atoms with E-state index in [4.69, 9.17) is 11.6 Å². The number of benzene rings is 1. The number of amides is 1. The Hall–Kier alpha value is -3.21. The van der Waals surface area contributed by atoms with Gasteiger partial charge in [-0.3, -0.25) is 4.79 Å². The van der Waals surface area contributed by atoms with Gasteiger partial charge in [0.2, 0.25) is 5.95 Å². The van der Waals surface area contributed by atoms with E-state index in [9.17, 15) is 22.4 Å². The van der Waals surface area contributed by atoms with Crippen LogP contribution >= 0.6 is 0 Å². The Kier molecular flexibility index (Phi) is 5.66. The van der Waals surface area contributed by atoms with E-state index in [1.165, 1.54) is 24.0 Å². The molecule has 4 N–H and O–H groups in total. The maximum Gasteiger partial charge on any atom is 0.416 e. The third-order valence-corrected chi connectivity index (χ3v) is 4.98. The summed E-state index contributed by atoms with van der Waals surface area (Å²) in [5.41, 5.74) is 5.75. The second kappa shape index (κ2) is 7.90. The molecule has 1 atom stereocenters. The fraction of sp³-hybridized carbons (Fsp3) is 0.316. The molecule has 160 valence electrons. The van der Waals surface area contributed by atoms with Crippen molar-refractivity contribution in [1.82, 2.24) is 14.9 Å². The minimum atomic E-state index is -4.56. The minimum Gasteiger partial charge on any atom is -0.399 e. The van der Waals surface area contributed by atoms with E-state index in [0.29, 0.717) is 5.70 Å². The van der Waals surface area contributed by atoms with Crippen molar-refractivity contribution in [3.63, 3.8) is 0 Å². The highest BCUT2D eigenvalue weighted by Gasteiger charge is 2.36. The normalized spacial score (nSPS) is 17.3. The summed E-state index contributed by atoms with van der Waals surface area (Å²) < 4.78 is 52.6. The molecule has 3 rings (SSSR count). The monoisotopic (exact) mass is 424 g/mol. The van der Waals surface area contributed by atoms with Gasteiger partial charge in [0.15, 0.2) is 5.82 Å². The number of nitrogens with zero attached hydrogens (tertiary/aromatic N) is 4. The second-order valence-electron chi connectivity index (χ2n) is 7.01. The third-order valence-electron chi connectivity index (χ3n) is 4.98. The van der Waals surface area contributed by atoms with Gasteiger partial charge in [-0.15, -0.1) is 0 Å². The highest BCUT2D eigenvalue weighted by Crippen LogP contribution is 2.34. The first-order chi connectivity index (χ1) is 14.0. The molecule has 0 fully saturated rings. The second-order valence-corrected chi connectivity index (χ2v) is 7.01. The number of hydrogen-bond acceptors (Lipinski definition) is 6. The van der Waals surface area contributed by atoms with E-state index in [1.807, 2.05) is 0 Å². The Balaban J connectivity index is 1.88. The van der Waals surface area contributed by atoms with E-state index in [2.05, 4.69) is 9.97 Å². The zero-order chi connectivity index (χ0) is 22.2. The summed E-state index contributed by atoms with van der Waals surface area (Å²) in [5.74, 6) is 4.85. The number of alkyl halides is 3. The van der Waals surface area contributed by atoms with Gasteiger partial charge in [-0.05, 0) is 31.5 Å². The van der Waals surface area contributed by atoms with Gasteiger partial charge in [0.25, 0.3) is 5.91 Å². The van der Waals surface area contributed by atoms with Crippen LogP contribution in [0.3, 0.4) is 0 Å². The van der Waals surface area contributed by atoms with Crippen molar-refractivity contribution in [3.8, 4) is 0 Å². The smallest absolute Gasteiger partial charge is 0.399 e. The number of carbonyl (C=O) groups excluding carboxylic acids is 1. The molecule has 30 heavy (non-hydrogen) atoms. The lowest BCUT2D eigenvalue weighted by molar-refractivity contribution is -0.138. The minimum absolute atomic E-state index is 0.0232. The van der Waals surface area contributed by atoms with Gasteiger partial charge in [0.05, 0.1) is 30.2 Å². The lowest BCUT2D eigenvalue weighted by Gasteiger charge is -2.37. The fourth-order valence-electron chi connectivity index (χ4n) is 3.36. The number of aromatic nitrogens is 2. The summed E-state index contributed by atoms with van der Waals surface area (Å²) in [4.78, 5) is 22.0. The van der Waals surface area contributed by atoms with Crippen LogP contribution in [-0.4, -0.2) is 33.4 Å². The average Bonchev–Trinajstić information content (AvgIpc) is 2.68. The molecule has 0 saturated carbocycles. The van der Waals surface area contributed by atoms with Gasteiger partial charge in [-0.2, -0.15) is 13.2 Å². The lowest BCUT2D eigenvalue weighted by atomic mass is 9.98. The Morgan fingerprint density at radius 1 is 1.27 bits per heavy atom. The van der Waals surface area contributed by atoms with Crippen molar-refractivity contribution in [1.29, 1.82) is 0 Å². The molecule has 0 radical (unpaired) electrons. The van der Waals surface area contributed by atoms with Gasteiger partial charge >= 0.3 is 6.18 Å². The Labute approximate surface area is 170 Å². The molecule has 1 aromatic heterocycles. The van der Waals surface area contributed by atoms with Crippen LogP contribution in [0, 0.1) is 12.7 Å². The molecular formula is C19H20F4N6O. The number of nitrogens with two attached hydrogens (primary N) is 2. The number of carbonyl (C=O) groups is 1. The predicted molar refractivity (Wildman–Crippen MR) is 101 cm³/mol. The molecule has 0 saturated heterocycles. The van der Waals surface area contributed by atoms with Gasteiger partial charge < -0.3 is 10.6 Å². The van der Waals surface area contributed by atoms with Crippen LogP contribution in [0.1, 0.15) is 34.8 Å². The lowest BCUT2D eigenvalue weighted by Crippen LogP contribution is -2.48. The van der Waals surface area contributed by atoms with E-state index < -0.39 is 29.5 Å². The zero-order valence-electron chi connectivity index (χ0n) is 16.2. The van der Waals surface area contributed by atoms with E-state index >= 15 is 0 Å². The molecule has 0 bridgehead atoms. The first-order valence-electron chi connectivity index (χ1n) is 8.98. The first kappa shape index (κ1) is 21.5. The van der Waals surface area contributed by atoms with Gasteiger partial charge in [0.1, 0.15) is 0 Å². The molecule has 1 aliphatic heterocycles. The highest BCUT2D eigenvalue weighted by atomic mass is 19.4. The summed E-state index contributed by atoms with van der Waals surface area (Å²) >= 11 is 0. The van der Waals surface area contributed by atoms with Crippen molar-refractivity contribution in [2.45, 2.75) is 32.5 Å². The maximum atomic E-state index is 13.2. The molecular weight excluding hydrogens is 404 g/mol. The maximum absolute atomic E-state index is 13.2. The van der Waals surface area contributed by atoms with Crippen LogP contribution in [0.15, 0.2) is 42.0 Å². The molecule has 1 aromatic carbocycles. The third kappa shape index (κ3) is 4.06. The molecule has 1 unspecified atom stereocenters. The van der Waals surface area contributed by atoms with E-state index in [-0.39, 0.29) is 35.7 Å². The standard InChI is InChI=1S/C19H20F4N6O/c1-10-6-16(29(25)18-26-7-12(20)8-27-18)15(24)9-28(10)17(30)13-4-3-5-14(11(13)2)19(21,22)23/h3-5,7-8,10H,6,9,24-25H2,1-2H3. The van der Waals surface area contributed by atoms with Crippen LogP contribution < -0.4 is 16.6 Å². The van der Waals surface area contributed by atoms with E-state index in [1.54, 1.807) is 6.92 Å². The Morgan fingerprint density at radius 3 is 2.50 bits per heavy atom. The summed E-state index contributed by atoms with van der Waals surface area (Å²) in [5, 5.41) is 1.11. The molecule has 11 heteroatoms. The van der Waals surface area contributed by atoms with Crippen LogP contribution in [0.5, 0.6) is 0 Å². The van der Waals surface area contributed by atoms with Gasteiger partial charge in [-0.25, -0.2) is 25.2 Å². The number of rotatable bonds is 3. The Morgan fingerprint density at radius 2 is 1.90 bits per heavy atom. The topological polar surface area (TPSA) is 101 Å². The van der Waals surface area contributed by atoms with Crippen molar-refractivity contribution >= 4 is 11.9 Å². The number of hydrazine groups is 1. The van der Waals surface area contributed by atoms with E-state index in [0.717, 1.165) is 23.5 Å². The SMILES string of the molecule is Cc1c(C(=O)N2CC(N)=C(N(N)c3ncc(F)cn3)CC2C)cccc1C(F)(F)F. The summed E-state index contributed by atoms with van der Waals surface area (Å²) in [7, 11) is 0. The molecule has 0 aliphatic carbocycles. The molecule has 1 amide bonds. The molecule has 7 nitrogen and oxygen atoms in total. The van der Waals surface area contributed by atoms with Crippen LogP contribution in [-0.2, 0) is 6.18 Å². The zero-order valence-corrected chi connectivity index (χ0v) is 16.2. The quantitative estimate of drug-likeness (QED) is 0.446. The number of halogens is 4. The Bertz CT molecular complexity index is 990. The van der Waals surface area contributed by atoms with Crippen molar-refractivity contribution < 1.29 is 22.4 Å². The molecule has 1 aliphatic rings. The van der Waals surface area contributed by atoms with Gasteiger partial charge in [-0.1, -0.05) is 6.07 Å². The van der Waals surface area contributed by atoms with Crippen molar-refractivity contribution in [3.05, 3.63) is 64.5 Å². The first-order valence-corrected chi connectivity index (χ1v) is 8.98. The fourth-order valence-corrected chi connectivity index (χ4v) is 3.36. The number of hydrogen-bond donors (Lipinski definition) is 2. The largest absolute Gasteiger partial charge is 0.416 e. The van der Waals surface area contributed by atoms with Crippen LogP contribution in [0.25, 0.3) is 0 Å². The molecule has 2 aromatic rings. The summed E-state index contributed by atoms with van der Waals surface area (Å²) in [6.07, 6.45) is -2.43. The molecule has 2 heterocycles. The van der Waals surface area contributed by atoms with Crippen molar-refractivity contribution in [2.24, 2.45) is 11.6 Å². The van der Waals surface area contributed by atoms with Crippen molar-refractivity contribution in [2.75, 3.05) is 11.6 Å². The van der Waals surface area contributed by atoms with Gasteiger partial charge in [0, 0.05) is 23.7 Å². The van der Waals surface area contributed by atoms with Crippen LogP contribution in [0.4, 0.5) is 23.5 Å². The molecule has 0 spiro atoms. The van der Waals surface area contributed by atoms with Crippen LogP contribution in [0.2, 0.25) is 0 Å². The predicted octanol–water partition coefficient (Wildman–Crippen LogP) is 2.73. The number of anilines is 1. The average molecular weight is 424 g/mol.